The van der Waals surface area contributed by atoms with Gasteiger partial charge in [-0.3, -0.25) is 19.8 Å². The molecule has 0 spiro atoms. The zero-order chi connectivity index (χ0) is 22.8. The lowest BCUT2D eigenvalue weighted by molar-refractivity contribution is -0.128. The Morgan fingerprint density at radius 3 is 2.19 bits per heavy atom. The molecule has 2 aromatic carbocycles. The van der Waals surface area contributed by atoms with Crippen LogP contribution in [0.2, 0.25) is 0 Å². The van der Waals surface area contributed by atoms with Gasteiger partial charge in [0.05, 0.1) is 0 Å². The third-order valence-corrected chi connectivity index (χ3v) is 4.71. The maximum absolute atomic E-state index is 13.0. The zero-order valence-corrected chi connectivity index (χ0v) is 17.1. The van der Waals surface area contributed by atoms with Crippen molar-refractivity contribution in [3.8, 4) is 0 Å². The number of hydrogen-bond acceptors (Lipinski definition) is 5. The highest BCUT2D eigenvalue weighted by Gasteiger charge is 2.27. The van der Waals surface area contributed by atoms with Crippen molar-refractivity contribution in [1.29, 1.82) is 5.41 Å². The highest BCUT2D eigenvalue weighted by atomic mass is 16.2. The van der Waals surface area contributed by atoms with Crippen molar-refractivity contribution in [1.82, 2.24) is 10.6 Å². The summed E-state index contributed by atoms with van der Waals surface area (Å²) in [7, 11) is 0. The van der Waals surface area contributed by atoms with Crippen LogP contribution in [0.25, 0.3) is 0 Å². The first-order valence-corrected chi connectivity index (χ1v) is 9.93. The van der Waals surface area contributed by atoms with Gasteiger partial charge in [-0.2, -0.15) is 0 Å². The number of nitrogens with two attached hydrogens (primary N) is 3. The lowest BCUT2D eigenvalue weighted by Crippen LogP contribution is -2.49. The van der Waals surface area contributed by atoms with Crippen molar-refractivity contribution < 1.29 is 14.4 Å². The second kappa shape index (κ2) is 11.5. The lowest BCUT2D eigenvalue weighted by atomic mass is 10.0. The summed E-state index contributed by atoms with van der Waals surface area (Å²) in [6, 6.07) is 13.0. The summed E-state index contributed by atoms with van der Waals surface area (Å²) in [6.07, 6.45) is 1.68. The maximum Gasteiger partial charge on any atom is 0.252 e. The van der Waals surface area contributed by atoms with Crippen LogP contribution >= 0.6 is 0 Å². The fourth-order valence-corrected chi connectivity index (χ4v) is 3.02. The Morgan fingerprint density at radius 2 is 1.58 bits per heavy atom. The number of nitrogens with one attached hydrogen (secondary N) is 3. The Kier molecular flexibility index (Phi) is 8.71. The number of amides is 3. The first kappa shape index (κ1) is 23.6. The van der Waals surface area contributed by atoms with E-state index in [1.807, 2.05) is 0 Å². The molecule has 0 radical (unpaired) electrons. The molecule has 0 aliphatic carbocycles. The van der Waals surface area contributed by atoms with E-state index in [2.05, 4.69) is 10.6 Å². The van der Waals surface area contributed by atoms with E-state index < -0.39 is 29.8 Å². The van der Waals surface area contributed by atoms with Crippen molar-refractivity contribution in [3.05, 3.63) is 71.3 Å². The maximum atomic E-state index is 13.0. The first-order chi connectivity index (χ1) is 14.8. The van der Waals surface area contributed by atoms with Crippen molar-refractivity contribution in [3.63, 3.8) is 0 Å². The van der Waals surface area contributed by atoms with Crippen LogP contribution in [0.15, 0.2) is 54.6 Å². The van der Waals surface area contributed by atoms with E-state index in [0.717, 1.165) is 0 Å². The molecule has 0 unspecified atom stereocenters. The van der Waals surface area contributed by atoms with Crippen molar-refractivity contribution >= 4 is 23.6 Å². The Hall–Kier alpha value is -3.72. The number of benzene rings is 2. The average Bonchev–Trinajstić information content (AvgIpc) is 2.77. The van der Waals surface area contributed by atoms with Crippen LogP contribution in [-0.2, 0) is 9.59 Å². The van der Waals surface area contributed by atoms with E-state index in [1.54, 1.807) is 48.5 Å². The molecular formula is C22H28N6O3. The van der Waals surface area contributed by atoms with Crippen LogP contribution in [0.3, 0.4) is 0 Å². The van der Waals surface area contributed by atoms with Crippen LogP contribution in [0.5, 0.6) is 0 Å². The molecule has 2 aromatic rings. The monoisotopic (exact) mass is 424 g/mol. The molecule has 0 aromatic heterocycles. The van der Waals surface area contributed by atoms with Gasteiger partial charge in [0.25, 0.3) is 5.91 Å². The van der Waals surface area contributed by atoms with Crippen LogP contribution < -0.4 is 27.8 Å². The molecule has 0 saturated heterocycles. The molecule has 9 N–H and O–H groups in total. The zero-order valence-electron chi connectivity index (χ0n) is 17.1. The predicted molar refractivity (Wildman–Crippen MR) is 118 cm³/mol. The minimum Gasteiger partial charge on any atom is -0.384 e. The molecule has 0 bridgehead atoms. The molecule has 2 atom stereocenters. The molecule has 9 nitrogen and oxygen atoms in total. The van der Waals surface area contributed by atoms with E-state index in [0.29, 0.717) is 36.9 Å². The number of nitrogen functional groups attached to an aromatic ring is 1. The Labute approximate surface area is 180 Å². The van der Waals surface area contributed by atoms with Gasteiger partial charge in [0.2, 0.25) is 11.8 Å². The van der Waals surface area contributed by atoms with Crippen molar-refractivity contribution in [2.75, 3.05) is 6.54 Å². The Bertz CT molecular complexity index is 932. The molecule has 2 rings (SSSR count). The van der Waals surface area contributed by atoms with Gasteiger partial charge in [0.15, 0.2) is 0 Å². The van der Waals surface area contributed by atoms with Gasteiger partial charge in [-0.05, 0) is 43.5 Å². The number of carbonyl (C=O) groups is 3. The van der Waals surface area contributed by atoms with Crippen LogP contribution in [0.4, 0.5) is 0 Å². The summed E-state index contributed by atoms with van der Waals surface area (Å²) in [6.45, 7) is 0.474. The number of unbranched alkanes of at least 4 members (excludes halogenated alkanes) is 1. The van der Waals surface area contributed by atoms with E-state index in [-0.39, 0.29) is 11.4 Å². The number of primary amides is 1. The molecule has 9 heteroatoms. The van der Waals surface area contributed by atoms with Crippen LogP contribution in [0.1, 0.15) is 46.8 Å². The molecule has 0 heterocycles. The van der Waals surface area contributed by atoms with Gasteiger partial charge in [0.1, 0.15) is 17.9 Å². The van der Waals surface area contributed by atoms with Gasteiger partial charge in [-0.15, -0.1) is 0 Å². The molecule has 0 aliphatic heterocycles. The fourth-order valence-electron chi connectivity index (χ4n) is 3.02. The number of amidine groups is 1. The minimum absolute atomic E-state index is 0.172. The van der Waals surface area contributed by atoms with Gasteiger partial charge >= 0.3 is 0 Å². The molecule has 3 amide bonds. The van der Waals surface area contributed by atoms with Crippen molar-refractivity contribution in [2.24, 2.45) is 17.2 Å². The highest BCUT2D eigenvalue weighted by Crippen LogP contribution is 2.16. The minimum atomic E-state index is -1.05. The second-order valence-electron chi connectivity index (χ2n) is 7.06. The molecule has 31 heavy (non-hydrogen) atoms. The van der Waals surface area contributed by atoms with Gasteiger partial charge in [-0.1, -0.05) is 42.5 Å². The van der Waals surface area contributed by atoms with E-state index in [1.165, 1.54) is 6.07 Å². The molecule has 0 fully saturated rings. The number of carbonyl (C=O) groups excluding carboxylic acids is 3. The molecule has 164 valence electrons. The molecule has 0 aliphatic rings. The predicted octanol–water partition coefficient (Wildman–Crippen LogP) is 0.541. The average molecular weight is 425 g/mol. The highest BCUT2D eigenvalue weighted by molar-refractivity contribution is 6.01. The Balaban J connectivity index is 2.24. The summed E-state index contributed by atoms with van der Waals surface area (Å²) in [5.74, 6) is -1.91. The van der Waals surface area contributed by atoms with E-state index >= 15 is 0 Å². The van der Waals surface area contributed by atoms with E-state index in [9.17, 15) is 14.4 Å². The number of rotatable bonds is 11. The third kappa shape index (κ3) is 6.93. The van der Waals surface area contributed by atoms with Crippen LogP contribution in [-0.4, -0.2) is 36.1 Å². The normalized spacial score (nSPS) is 12.4. The largest absolute Gasteiger partial charge is 0.384 e. The van der Waals surface area contributed by atoms with Gasteiger partial charge in [-0.25, -0.2) is 0 Å². The summed E-state index contributed by atoms with van der Waals surface area (Å²) in [4.78, 5) is 37.6. The fraction of sp³-hybridized carbons (Fsp3) is 0.273. The second-order valence-corrected chi connectivity index (χ2v) is 7.06. The summed E-state index contributed by atoms with van der Waals surface area (Å²) >= 11 is 0. The van der Waals surface area contributed by atoms with Crippen molar-refractivity contribution in [2.45, 2.75) is 31.3 Å². The standard InChI is InChI=1S/C22H28N6O3/c23-12-5-4-11-17(20(26)29)27-22(31)18(14-7-2-1-3-8-14)28-21(30)16-10-6-9-15(13-16)19(24)25/h1-3,6-10,13,17-18H,4-5,11-12,23H2,(H3,24,25)(H2,26,29)(H,27,31)(H,28,30)/t17-,18-/m1/s1. The number of hydrogen-bond donors (Lipinski definition) is 6. The lowest BCUT2D eigenvalue weighted by Gasteiger charge is -2.22. The Morgan fingerprint density at radius 1 is 0.903 bits per heavy atom. The summed E-state index contributed by atoms with van der Waals surface area (Å²) in [5.41, 5.74) is 17.6. The van der Waals surface area contributed by atoms with Crippen LogP contribution in [0, 0.1) is 5.41 Å². The topological polar surface area (TPSA) is 177 Å². The quantitative estimate of drug-likeness (QED) is 0.175. The van der Waals surface area contributed by atoms with E-state index in [4.69, 9.17) is 22.6 Å². The molecular weight excluding hydrogens is 396 g/mol. The SMILES string of the molecule is N=C(N)c1cccc(C(=O)N[C@@H](C(=O)N[C@H](CCCCN)C(N)=O)c2ccccc2)c1. The molecule has 0 saturated carbocycles. The van der Waals surface area contributed by atoms with Gasteiger partial charge in [0, 0.05) is 11.1 Å². The third-order valence-electron chi connectivity index (χ3n) is 4.71. The smallest absolute Gasteiger partial charge is 0.252 e. The first-order valence-electron chi connectivity index (χ1n) is 9.93. The van der Waals surface area contributed by atoms with Gasteiger partial charge < -0.3 is 27.8 Å². The summed E-state index contributed by atoms with van der Waals surface area (Å²) in [5, 5.41) is 12.9. The summed E-state index contributed by atoms with van der Waals surface area (Å²) < 4.78 is 0.